The fourth-order valence-electron chi connectivity index (χ4n) is 2.19. The van der Waals surface area contributed by atoms with Crippen LogP contribution in [0, 0.1) is 6.92 Å². The fourth-order valence-corrected chi connectivity index (χ4v) is 3.66. The quantitative estimate of drug-likeness (QED) is 0.433. The molecule has 0 aliphatic rings. The number of aromatic nitrogens is 4. The number of anilines is 2. The molecular weight excluding hydrogens is 436 g/mol. The van der Waals surface area contributed by atoms with Gasteiger partial charge in [-0.2, -0.15) is 0 Å². The summed E-state index contributed by atoms with van der Waals surface area (Å²) < 4.78 is 27.2. The molecule has 1 amide bonds. The Labute approximate surface area is 176 Å². The standard InChI is InChI=1S/C17H15ClN6O3S2/c1-10-7-8-19-16(21-10)24-29(26,27)12-5-3-11(4-6-12)22-15(25)14-13(18)9-20-17(23-14)28-2/h3-9H,1-2H3,(H,22,25)(H,19,21,24). The number of carbonyl (C=O) groups excluding carboxylic acids is 1. The number of halogens is 1. The molecule has 0 unspecified atom stereocenters. The van der Waals surface area contributed by atoms with Gasteiger partial charge in [-0.15, -0.1) is 0 Å². The van der Waals surface area contributed by atoms with Crippen LogP contribution < -0.4 is 10.0 Å². The van der Waals surface area contributed by atoms with Crippen molar-refractivity contribution < 1.29 is 13.2 Å². The summed E-state index contributed by atoms with van der Waals surface area (Å²) in [5, 5.41) is 3.14. The number of amides is 1. The van der Waals surface area contributed by atoms with Crippen LogP contribution in [0.3, 0.4) is 0 Å². The Bertz CT molecular complexity index is 1160. The lowest BCUT2D eigenvalue weighted by molar-refractivity contribution is 0.102. The van der Waals surface area contributed by atoms with Crippen molar-refractivity contribution in [3.05, 3.63) is 59.1 Å². The van der Waals surface area contributed by atoms with E-state index in [0.717, 1.165) is 0 Å². The summed E-state index contributed by atoms with van der Waals surface area (Å²) in [6.07, 6.45) is 4.59. The third kappa shape index (κ3) is 5.19. The first-order valence-corrected chi connectivity index (χ1v) is 11.2. The van der Waals surface area contributed by atoms with Crippen LogP contribution in [-0.2, 0) is 10.0 Å². The summed E-state index contributed by atoms with van der Waals surface area (Å²) in [5.74, 6) is -0.556. The maximum Gasteiger partial charge on any atom is 0.275 e. The van der Waals surface area contributed by atoms with Crippen LogP contribution in [0.1, 0.15) is 16.2 Å². The van der Waals surface area contributed by atoms with E-state index in [0.29, 0.717) is 16.5 Å². The van der Waals surface area contributed by atoms with E-state index in [1.807, 2.05) is 0 Å². The number of thioether (sulfide) groups is 1. The Kier molecular flexibility index (Phi) is 6.30. The molecule has 2 N–H and O–H groups in total. The maximum atomic E-state index is 12.5. The zero-order chi connectivity index (χ0) is 21.0. The Morgan fingerprint density at radius 1 is 1.10 bits per heavy atom. The minimum Gasteiger partial charge on any atom is -0.321 e. The molecule has 1 aromatic carbocycles. The molecule has 2 heterocycles. The number of sulfonamides is 1. The van der Waals surface area contributed by atoms with E-state index < -0.39 is 15.9 Å². The number of carbonyl (C=O) groups is 1. The van der Waals surface area contributed by atoms with E-state index in [1.165, 1.54) is 48.4 Å². The Morgan fingerprint density at radius 2 is 1.83 bits per heavy atom. The lowest BCUT2D eigenvalue weighted by Gasteiger charge is -2.09. The summed E-state index contributed by atoms with van der Waals surface area (Å²) in [5.41, 5.74) is 1.03. The third-order valence-electron chi connectivity index (χ3n) is 3.56. The van der Waals surface area contributed by atoms with E-state index >= 15 is 0 Å². The number of nitrogens with zero attached hydrogens (tertiary/aromatic N) is 4. The summed E-state index contributed by atoms with van der Waals surface area (Å²) >= 11 is 7.27. The van der Waals surface area contributed by atoms with Gasteiger partial charge in [0, 0.05) is 17.6 Å². The number of aryl methyl sites for hydroxylation is 1. The van der Waals surface area contributed by atoms with Crippen molar-refractivity contribution in [2.75, 3.05) is 16.3 Å². The second kappa shape index (κ2) is 8.72. The van der Waals surface area contributed by atoms with Crippen LogP contribution >= 0.6 is 23.4 Å². The molecule has 0 aliphatic carbocycles. The largest absolute Gasteiger partial charge is 0.321 e. The van der Waals surface area contributed by atoms with Crippen LogP contribution in [0.2, 0.25) is 5.02 Å². The van der Waals surface area contributed by atoms with Crippen molar-refractivity contribution in [2.45, 2.75) is 17.0 Å². The molecule has 12 heteroatoms. The van der Waals surface area contributed by atoms with E-state index in [9.17, 15) is 13.2 Å². The molecule has 3 rings (SSSR count). The van der Waals surface area contributed by atoms with Crippen LogP contribution in [-0.4, -0.2) is 40.5 Å². The molecule has 0 saturated heterocycles. The first kappa shape index (κ1) is 21.0. The van der Waals surface area contributed by atoms with E-state index in [-0.39, 0.29) is 21.6 Å². The van der Waals surface area contributed by atoms with Gasteiger partial charge in [0.2, 0.25) is 5.95 Å². The Hall–Kier alpha value is -2.76. The smallest absolute Gasteiger partial charge is 0.275 e. The SMILES string of the molecule is CSc1ncc(Cl)c(C(=O)Nc2ccc(S(=O)(=O)Nc3nccc(C)n3)cc2)n1. The zero-order valence-electron chi connectivity index (χ0n) is 15.2. The minimum absolute atomic E-state index is 0.00894. The van der Waals surface area contributed by atoms with Crippen LogP contribution in [0.4, 0.5) is 11.6 Å². The van der Waals surface area contributed by atoms with E-state index in [4.69, 9.17) is 11.6 Å². The number of hydrogen-bond donors (Lipinski definition) is 2. The van der Waals surface area contributed by atoms with Gasteiger partial charge in [0.15, 0.2) is 10.9 Å². The first-order chi connectivity index (χ1) is 13.8. The molecule has 0 saturated carbocycles. The van der Waals surface area contributed by atoms with E-state index in [1.54, 1.807) is 19.2 Å². The summed E-state index contributed by atoms with van der Waals surface area (Å²) in [7, 11) is -3.88. The van der Waals surface area contributed by atoms with Gasteiger partial charge < -0.3 is 5.32 Å². The molecule has 29 heavy (non-hydrogen) atoms. The molecule has 3 aromatic rings. The van der Waals surface area contributed by atoms with Gasteiger partial charge in [0.25, 0.3) is 15.9 Å². The van der Waals surface area contributed by atoms with Crippen molar-refractivity contribution in [1.29, 1.82) is 0 Å². The molecular formula is C17H15ClN6O3S2. The molecule has 0 atom stereocenters. The highest BCUT2D eigenvalue weighted by atomic mass is 35.5. The van der Waals surface area contributed by atoms with Gasteiger partial charge in [-0.1, -0.05) is 23.4 Å². The number of benzene rings is 1. The van der Waals surface area contributed by atoms with E-state index in [2.05, 4.69) is 30.0 Å². The molecule has 150 valence electrons. The second-order valence-corrected chi connectivity index (χ2v) is 8.52. The fraction of sp³-hybridized carbons (Fsp3) is 0.118. The lowest BCUT2D eigenvalue weighted by Crippen LogP contribution is -2.16. The van der Waals surface area contributed by atoms with Crippen molar-refractivity contribution >= 4 is 50.9 Å². The minimum atomic E-state index is -3.88. The first-order valence-electron chi connectivity index (χ1n) is 8.09. The van der Waals surface area contributed by atoms with Gasteiger partial charge in [0.05, 0.1) is 16.1 Å². The monoisotopic (exact) mass is 450 g/mol. The normalized spacial score (nSPS) is 11.1. The highest BCUT2D eigenvalue weighted by Crippen LogP contribution is 2.20. The van der Waals surface area contributed by atoms with Gasteiger partial charge >= 0.3 is 0 Å². The highest BCUT2D eigenvalue weighted by molar-refractivity contribution is 7.98. The summed E-state index contributed by atoms with van der Waals surface area (Å²) in [6.45, 7) is 1.73. The highest BCUT2D eigenvalue weighted by Gasteiger charge is 2.17. The third-order valence-corrected chi connectivity index (χ3v) is 5.75. The summed E-state index contributed by atoms with van der Waals surface area (Å²) in [6, 6.07) is 7.26. The topological polar surface area (TPSA) is 127 Å². The predicted octanol–water partition coefficient (Wildman–Crippen LogP) is 3.00. The molecule has 2 aromatic heterocycles. The average molecular weight is 451 g/mol. The van der Waals surface area contributed by atoms with Crippen LogP contribution in [0.25, 0.3) is 0 Å². The van der Waals surface area contributed by atoms with Crippen LogP contribution in [0.5, 0.6) is 0 Å². The number of hydrogen-bond acceptors (Lipinski definition) is 8. The zero-order valence-corrected chi connectivity index (χ0v) is 17.6. The average Bonchev–Trinajstić information content (AvgIpc) is 2.68. The Balaban J connectivity index is 1.75. The van der Waals surface area contributed by atoms with Crippen molar-refractivity contribution in [2.24, 2.45) is 0 Å². The summed E-state index contributed by atoms with van der Waals surface area (Å²) in [4.78, 5) is 28.4. The van der Waals surface area contributed by atoms with Gasteiger partial charge in [-0.3, -0.25) is 4.79 Å². The molecule has 0 radical (unpaired) electrons. The number of nitrogens with one attached hydrogen (secondary N) is 2. The van der Waals surface area contributed by atoms with Gasteiger partial charge in [-0.25, -0.2) is 33.1 Å². The van der Waals surface area contributed by atoms with Gasteiger partial charge in [-0.05, 0) is 43.5 Å². The van der Waals surface area contributed by atoms with Crippen molar-refractivity contribution in [1.82, 2.24) is 19.9 Å². The molecule has 0 bridgehead atoms. The number of rotatable bonds is 6. The van der Waals surface area contributed by atoms with Crippen molar-refractivity contribution in [3.63, 3.8) is 0 Å². The molecule has 0 fully saturated rings. The Morgan fingerprint density at radius 3 is 2.48 bits per heavy atom. The molecule has 0 aliphatic heterocycles. The second-order valence-electron chi connectivity index (χ2n) is 5.66. The van der Waals surface area contributed by atoms with Crippen LogP contribution in [0.15, 0.2) is 52.8 Å². The maximum absolute atomic E-state index is 12.5. The molecule has 9 nitrogen and oxygen atoms in total. The predicted molar refractivity (Wildman–Crippen MR) is 111 cm³/mol. The van der Waals surface area contributed by atoms with Gasteiger partial charge in [0.1, 0.15) is 0 Å². The molecule has 0 spiro atoms. The van der Waals surface area contributed by atoms with Crippen molar-refractivity contribution in [3.8, 4) is 0 Å². The lowest BCUT2D eigenvalue weighted by atomic mass is 10.3.